The maximum Gasteiger partial charge on any atom is 0.336 e. The molecule has 7 nitrogen and oxygen atoms in total. The van der Waals surface area contributed by atoms with Crippen LogP contribution in [0, 0.1) is 5.82 Å². The number of rotatable bonds is 5. The van der Waals surface area contributed by atoms with Gasteiger partial charge in [0.05, 0.1) is 17.3 Å². The van der Waals surface area contributed by atoms with Gasteiger partial charge in [-0.1, -0.05) is 12.1 Å². The van der Waals surface area contributed by atoms with Crippen LogP contribution in [0.4, 0.5) is 4.39 Å². The van der Waals surface area contributed by atoms with E-state index < -0.39 is 17.1 Å². The van der Waals surface area contributed by atoms with Crippen molar-refractivity contribution < 1.29 is 13.9 Å². The van der Waals surface area contributed by atoms with Crippen LogP contribution in [-0.2, 0) is 16.1 Å². The van der Waals surface area contributed by atoms with E-state index in [1.54, 1.807) is 17.5 Å². The molecule has 4 rings (SSSR count). The van der Waals surface area contributed by atoms with Gasteiger partial charge < -0.3 is 10.1 Å². The van der Waals surface area contributed by atoms with Crippen LogP contribution in [0.25, 0.3) is 15.9 Å². The van der Waals surface area contributed by atoms with Crippen molar-refractivity contribution in [3.05, 3.63) is 62.4 Å². The highest BCUT2D eigenvalue weighted by Gasteiger charge is 2.20. The molecule has 0 spiro atoms. The van der Waals surface area contributed by atoms with Crippen LogP contribution in [0.15, 0.2) is 45.3 Å². The van der Waals surface area contributed by atoms with Gasteiger partial charge in [-0.2, -0.15) is 0 Å². The predicted octanol–water partition coefficient (Wildman–Crippen LogP) is 1.65. The highest BCUT2D eigenvalue weighted by molar-refractivity contribution is 7.17. The molecule has 1 atom stereocenters. The van der Waals surface area contributed by atoms with Crippen molar-refractivity contribution in [1.82, 2.24) is 14.5 Å². The molecule has 0 saturated carbocycles. The van der Waals surface area contributed by atoms with Gasteiger partial charge in [0.1, 0.15) is 17.1 Å². The van der Waals surface area contributed by atoms with Crippen molar-refractivity contribution >= 4 is 27.5 Å². The number of thiophene rings is 1. The third kappa shape index (κ3) is 3.38. The zero-order valence-electron chi connectivity index (χ0n) is 14.9. The smallest absolute Gasteiger partial charge is 0.336 e. The highest BCUT2D eigenvalue weighted by atomic mass is 32.1. The first-order valence-electron chi connectivity index (χ1n) is 8.92. The molecule has 1 aliphatic rings. The molecule has 1 saturated heterocycles. The number of para-hydroxylation sites is 1. The molecule has 0 bridgehead atoms. The number of carbonyl (C=O) groups is 1. The molecule has 2 aromatic heterocycles. The first kappa shape index (κ1) is 18.6. The van der Waals surface area contributed by atoms with Crippen molar-refractivity contribution in [1.29, 1.82) is 0 Å². The summed E-state index contributed by atoms with van der Waals surface area (Å²) in [7, 11) is 0. The molecule has 3 aromatic rings. The molecular formula is C19H18FN3O4S. The minimum Gasteiger partial charge on any atom is -0.376 e. The number of hydrogen-bond acceptors (Lipinski definition) is 5. The van der Waals surface area contributed by atoms with Gasteiger partial charge in [-0.25, -0.2) is 13.8 Å². The zero-order valence-corrected chi connectivity index (χ0v) is 15.7. The summed E-state index contributed by atoms with van der Waals surface area (Å²) in [6, 6.07) is 7.17. The molecule has 1 fully saturated rings. The van der Waals surface area contributed by atoms with E-state index in [4.69, 9.17) is 4.74 Å². The van der Waals surface area contributed by atoms with Gasteiger partial charge in [0, 0.05) is 13.2 Å². The number of ether oxygens (including phenoxy) is 1. The molecule has 0 unspecified atom stereocenters. The normalized spacial score (nSPS) is 16.5. The summed E-state index contributed by atoms with van der Waals surface area (Å²) >= 11 is 1.15. The number of fused-ring (bicyclic) bond motifs is 1. The Morgan fingerprint density at radius 1 is 1.29 bits per heavy atom. The summed E-state index contributed by atoms with van der Waals surface area (Å²) in [4.78, 5) is 38.2. The number of benzene rings is 1. The predicted molar refractivity (Wildman–Crippen MR) is 104 cm³/mol. The quantitative estimate of drug-likeness (QED) is 0.702. The Morgan fingerprint density at radius 3 is 2.86 bits per heavy atom. The lowest BCUT2D eigenvalue weighted by molar-refractivity contribution is -0.122. The molecule has 0 aliphatic carbocycles. The second-order valence-corrected chi connectivity index (χ2v) is 7.45. The van der Waals surface area contributed by atoms with Crippen molar-refractivity contribution in [2.75, 3.05) is 13.2 Å². The summed E-state index contributed by atoms with van der Waals surface area (Å²) in [6.07, 6.45) is 1.82. The molecule has 28 heavy (non-hydrogen) atoms. The number of halogens is 1. The molecule has 1 amide bonds. The second-order valence-electron chi connectivity index (χ2n) is 6.53. The average Bonchev–Trinajstić information content (AvgIpc) is 3.37. The molecule has 1 aliphatic heterocycles. The van der Waals surface area contributed by atoms with E-state index >= 15 is 0 Å². The molecule has 146 valence electrons. The van der Waals surface area contributed by atoms with E-state index in [0.29, 0.717) is 18.7 Å². The van der Waals surface area contributed by atoms with Crippen LogP contribution in [-0.4, -0.2) is 34.3 Å². The maximum absolute atomic E-state index is 14.3. The van der Waals surface area contributed by atoms with E-state index in [1.165, 1.54) is 22.8 Å². The van der Waals surface area contributed by atoms with Crippen LogP contribution >= 0.6 is 11.3 Å². The van der Waals surface area contributed by atoms with Crippen molar-refractivity contribution in [2.45, 2.75) is 25.5 Å². The first-order chi connectivity index (χ1) is 13.6. The van der Waals surface area contributed by atoms with Crippen molar-refractivity contribution in [3.8, 4) is 5.69 Å². The van der Waals surface area contributed by atoms with Crippen LogP contribution < -0.4 is 16.6 Å². The first-order valence-corrected chi connectivity index (χ1v) is 9.80. The molecule has 1 aromatic carbocycles. The topological polar surface area (TPSA) is 82.3 Å². The van der Waals surface area contributed by atoms with Crippen molar-refractivity contribution in [2.24, 2.45) is 0 Å². The Morgan fingerprint density at radius 2 is 2.11 bits per heavy atom. The summed E-state index contributed by atoms with van der Waals surface area (Å²) in [5.74, 6) is -1.06. The van der Waals surface area contributed by atoms with Crippen LogP contribution in [0.3, 0.4) is 0 Å². The lowest BCUT2D eigenvalue weighted by atomic mass is 10.2. The molecule has 9 heteroatoms. The van der Waals surface area contributed by atoms with Gasteiger partial charge in [0.25, 0.3) is 5.56 Å². The fraction of sp³-hybridized carbons (Fsp3) is 0.316. The van der Waals surface area contributed by atoms with Gasteiger partial charge in [0.2, 0.25) is 5.91 Å². The Kier molecular flexibility index (Phi) is 5.10. The number of nitrogens with zero attached hydrogens (tertiary/aromatic N) is 2. The minimum absolute atomic E-state index is 0.0193. The van der Waals surface area contributed by atoms with Crippen LogP contribution in [0.2, 0.25) is 0 Å². The average molecular weight is 403 g/mol. The third-order valence-electron chi connectivity index (χ3n) is 4.70. The summed E-state index contributed by atoms with van der Waals surface area (Å²) < 4.78 is 22.0. The fourth-order valence-corrected chi connectivity index (χ4v) is 4.14. The fourth-order valence-electron chi connectivity index (χ4n) is 3.32. The van der Waals surface area contributed by atoms with E-state index in [9.17, 15) is 18.8 Å². The summed E-state index contributed by atoms with van der Waals surface area (Å²) in [5.41, 5.74) is -1.13. The van der Waals surface area contributed by atoms with Crippen molar-refractivity contribution in [3.63, 3.8) is 0 Å². The van der Waals surface area contributed by atoms with E-state index in [1.807, 2.05) is 0 Å². The maximum atomic E-state index is 14.3. The molecule has 0 radical (unpaired) electrons. The van der Waals surface area contributed by atoms with Gasteiger partial charge in [0.15, 0.2) is 0 Å². The number of carbonyl (C=O) groups excluding carboxylic acids is 1. The lowest BCUT2D eigenvalue weighted by Crippen LogP contribution is -2.42. The zero-order chi connectivity index (χ0) is 19.7. The number of nitrogens with one attached hydrogen (secondary N) is 1. The monoisotopic (exact) mass is 403 g/mol. The number of hydrogen-bond donors (Lipinski definition) is 1. The lowest BCUT2D eigenvalue weighted by Gasteiger charge is -2.14. The Bertz CT molecular complexity index is 1140. The SMILES string of the molecule is O=C(Cn1c(=O)n(-c2ccccc2F)c(=O)c2sccc21)NC[C@H]1CCCO1. The Hall–Kier alpha value is -2.78. The van der Waals surface area contributed by atoms with Gasteiger partial charge in [-0.3, -0.25) is 14.2 Å². The number of amides is 1. The Balaban J connectivity index is 1.73. The van der Waals surface area contributed by atoms with Gasteiger partial charge in [-0.15, -0.1) is 11.3 Å². The van der Waals surface area contributed by atoms with Gasteiger partial charge in [-0.05, 0) is 36.4 Å². The van der Waals surface area contributed by atoms with E-state index in [0.717, 1.165) is 28.7 Å². The molecule has 3 heterocycles. The van der Waals surface area contributed by atoms with Crippen LogP contribution in [0.5, 0.6) is 0 Å². The van der Waals surface area contributed by atoms with Crippen LogP contribution in [0.1, 0.15) is 12.8 Å². The molecular weight excluding hydrogens is 385 g/mol. The minimum atomic E-state index is -0.756. The summed E-state index contributed by atoms with van der Waals surface area (Å²) in [6.45, 7) is 0.782. The van der Waals surface area contributed by atoms with E-state index in [-0.39, 0.29) is 28.9 Å². The number of aromatic nitrogens is 2. The molecule has 1 N–H and O–H groups in total. The second kappa shape index (κ2) is 7.69. The van der Waals surface area contributed by atoms with Gasteiger partial charge >= 0.3 is 5.69 Å². The highest BCUT2D eigenvalue weighted by Crippen LogP contribution is 2.17. The third-order valence-corrected chi connectivity index (χ3v) is 5.59. The largest absolute Gasteiger partial charge is 0.376 e. The van der Waals surface area contributed by atoms with E-state index in [2.05, 4.69) is 5.32 Å². The summed E-state index contributed by atoms with van der Waals surface area (Å²) in [5, 5.41) is 4.43. The standard InChI is InChI=1S/C19H18FN3O4S/c20-13-5-1-2-6-14(13)23-18(25)17-15(7-9-28-17)22(19(23)26)11-16(24)21-10-12-4-3-8-27-12/h1-2,5-7,9,12H,3-4,8,10-11H2,(H,21,24)/t12-/m1/s1. The Labute approximate surface area is 163 Å².